The number of benzene rings is 2. The molecule has 0 radical (unpaired) electrons. The fourth-order valence-corrected chi connectivity index (χ4v) is 3.61. The molecule has 3 rings (SSSR count). The molecule has 1 fully saturated rings. The van der Waals surface area contributed by atoms with E-state index >= 15 is 0 Å². The van der Waals surface area contributed by atoms with Crippen molar-refractivity contribution in [2.24, 2.45) is 4.40 Å². The Morgan fingerprint density at radius 1 is 1.04 bits per heavy atom. The number of sulfonamides is 1. The van der Waals surface area contributed by atoms with Crippen LogP contribution < -0.4 is 0 Å². The SMILES string of the molecule is O=[N+]([O-])c1ccc(/C(=N\S(=O)(=O)c2ccccc2)N2CCOCC2)cc1. The molecule has 0 amide bonds. The fraction of sp³-hybridized carbons (Fsp3) is 0.235. The summed E-state index contributed by atoms with van der Waals surface area (Å²) in [5, 5.41) is 10.9. The van der Waals surface area contributed by atoms with E-state index in [0.29, 0.717) is 31.9 Å². The van der Waals surface area contributed by atoms with Gasteiger partial charge in [-0.25, -0.2) is 0 Å². The zero-order valence-corrected chi connectivity index (χ0v) is 14.6. The molecule has 0 atom stereocenters. The number of ether oxygens (including phenoxy) is 1. The zero-order valence-electron chi connectivity index (χ0n) is 13.8. The summed E-state index contributed by atoms with van der Waals surface area (Å²) >= 11 is 0. The minimum Gasteiger partial charge on any atom is -0.378 e. The molecule has 0 spiro atoms. The highest BCUT2D eigenvalue weighted by atomic mass is 32.2. The number of rotatable bonds is 4. The normalized spacial score (nSPS) is 15.7. The first-order valence-electron chi connectivity index (χ1n) is 7.95. The van der Waals surface area contributed by atoms with E-state index in [1.54, 1.807) is 18.2 Å². The largest absolute Gasteiger partial charge is 0.378 e. The quantitative estimate of drug-likeness (QED) is 0.351. The van der Waals surface area contributed by atoms with E-state index in [-0.39, 0.29) is 16.4 Å². The Morgan fingerprint density at radius 2 is 1.65 bits per heavy atom. The molecular formula is C17H17N3O5S. The molecule has 26 heavy (non-hydrogen) atoms. The first-order chi connectivity index (χ1) is 12.5. The number of morpholine rings is 1. The summed E-state index contributed by atoms with van der Waals surface area (Å²) in [6.07, 6.45) is 0. The van der Waals surface area contributed by atoms with Crippen LogP contribution in [0, 0.1) is 10.1 Å². The zero-order chi connectivity index (χ0) is 18.6. The Morgan fingerprint density at radius 3 is 2.23 bits per heavy atom. The van der Waals surface area contributed by atoms with Crippen molar-refractivity contribution in [1.82, 2.24) is 4.90 Å². The van der Waals surface area contributed by atoms with Crippen LogP contribution in [0.2, 0.25) is 0 Å². The van der Waals surface area contributed by atoms with Crippen LogP contribution in [0.3, 0.4) is 0 Å². The summed E-state index contributed by atoms with van der Waals surface area (Å²) in [5.74, 6) is 0.257. The summed E-state index contributed by atoms with van der Waals surface area (Å²) in [4.78, 5) is 12.2. The van der Waals surface area contributed by atoms with E-state index < -0.39 is 14.9 Å². The second kappa shape index (κ2) is 7.63. The van der Waals surface area contributed by atoms with Crippen molar-refractivity contribution in [3.05, 3.63) is 70.3 Å². The molecule has 136 valence electrons. The average Bonchev–Trinajstić information content (AvgIpc) is 2.68. The van der Waals surface area contributed by atoms with Crippen molar-refractivity contribution in [3.8, 4) is 0 Å². The summed E-state index contributed by atoms with van der Waals surface area (Å²) in [5.41, 5.74) is 0.429. The number of amidine groups is 1. The Labute approximate surface area is 150 Å². The predicted molar refractivity (Wildman–Crippen MR) is 95.7 cm³/mol. The lowest BCUT2D eigenvalue weighted by atomic mass is 10.1. The maximum absolute atomic E-state index is 12.7. The van der Waals surface area contributed by atoms with Gasteiger partial charge in [0, 0.05) is 30.8 Å². The van der Waals surface area contributed by atoms with Crippen molar-refractivity contribution < 1.29 is 18.1 Å². The number of hydrogen-bond donors (Lipinski definition) is 0. The van der Waals surface area contributed by atoms with Crippen LogP contribution in [0.1, 0.15) is 5.56 Å². The highest BCUT2D eigenvalue weighted by molar-refractivity contribution is 7.90. The Balaban J connectivity index is 2.04. The van der Waals surface area contributed by atoms with Crippen LogP contribution in [-0.2, 0) is 14.8 Å². The third kappa shape index (κ3) is 4.06. The monoisotopic (exact) mass is 375 g/mol. The molecule has 1 aliphatic rings. The van der Waals surface area contributed by atoms with Gasteiger partial charge in [-0.15, -0.1) is 4.40 Å². The van der Waals surface area contributed by atoms with Gasteiger partial charge >= 0.3 is 0 Å². The number of nitrogens with zero attached hydrogens (tertiary/aromatic N) is 3. The predicted octanol–water partition coefficient (Wildman–Crippen LogP) is 2.06. The van der Waals surface area contributed by atoms with Gasteiger partial charge in [0.25, 0.3) is 15.7 Å². The third-order valence-corrected chi connectivity index (χ3v) is 5.18. The van der Waals surface area contributed by atoms with Crippen LogP contribution in [0.5, 0.6) is 0 Å². The molecule has 0 N–H and O–H groups in total. The molecule has 2 aromatic carbocycles. The molecule has 8 nitrogen and oxygen atoms in total. The first-order valence-corrected chi connectivity index (χ1v) is 9.39. The molecule has 9 heteroatoms. The second-order valence-electron chi connectivity index (χ2n) is 5.61. The van der Waals surface area contributed by atoms with Gasteiger partial charge in [0.2, 0.25) is 0 Å². The van der Waals surface area contributed by atoms with Gasteiger partial charge in [-0.05, 0) is 24.3 Å². The van der Waals surface area contributed by atoms with Crippen molar-refractivity contribution in [3.63, 3.8) is 0 Å². The molecular weight excluding hydrogens is 358 g/mol. The van der Waals surface area contributed by atoms with Gasteiger partial charge in [-0.1, -0.05) is 18.2 Å². The molecule has 1 saturated heterocycles. The van der Waals surface area contributed by atoms with Crippen molar-refractivity contribution in [2.75, 3.05) is 26.3 Å². The molecule has 0 saturated carbocycles. The molecule has 0 bridgehead atoms. The smallest absolute Gasteiger partial charge is 0.284 e. The van der Waals surface area contributed by atoms with Crippen molar-refractivity contribution in [2.45, 2.75) is 4.90 Å². The standard InChI is InChI=1S/C17H17N3O5S/c21-20(22)15-8-6-14(7-9-15)17(19-10-12-25-13-11-19)18-26(23,24)16-4-2-1-3-5-16/h1-9H,10-13H2/b18-17+. The topological polar surface area (TPSA) is 102 Å². The third-order valence-electron chi connectivity index (χ3n) is 3.89. The van der Waals surface area contributed by atoms with E-state index in [9.17, 15) is 18.5 Å². The maximum atomic E-state index is 12.7. The number of non-ortho nitro benzene ring substituents is 1. The summed E-state index contributed by atoms with van der Waals surface area (Å²) in [6, 6.07) is 13.6. The molecule has 2 aromatic rings. The average molecular weight is 375 g/mol. The summed E-state index contributed by atoms with van der Waals surface area (Å²) in [6.45, 7) is 1.88. The Hall–Kier alpha value is -2.78. The summed E-state index contributed by atoms with van der Waals surface area (Å²) in [7, 11) is -3.91. The Kier molecular flexibility index (Phi) is 5.29. The number of nitro benzene ring substituents is 1. The van der Waals surface area contributed by atoms with Gasteiger partial charge in [0.05, 0.1) is 23.0 Å². The van der Waals surface area contributed by atoms with E-state index in [0.717, 1.165) is 0 Å². The van der Waals surface area contributed by atoms with Crippen LogP contribution in [0.15, 0.2) is 63.9 Å². The van der Waals surface area contributed by atoms with Crippen molar-refractivity contribution in [1.29, 1.82) is 0 Å². The van der Waals surface area contributed by atoms with E-state index in [1.165, 1.54) is 36.4 Å². The maximum Gasteiger partial charge on any atom is 0.284 e. The molecule has 1 heterocycles. The van der Waals surface area contributed by atoms with Crippen LogP contribution in [0.4, 0.5) is 5.69 Å². The lowest BCUT2D eigenvalue weighted by Crippen LogP contribution is -2.41. The minimum absolute atomic E-state index is 0.0685. The van der Waals surface area contributed by atoms with E-state index in [1.807, 2.05) is 4.90 Å². The summed E-state index contributed by atoms with van der Waals surface area (Å²) < 4.78 is 34.7. The molecule has 0 aromatic heterocycles. The van der Waals surface area contributed by atoms with Gasteiger partial charge in [0.1, 0.15) is 5.84 Å². The van der Waals surface area contributed by atoms with Gasteiger partial charge in [-0.2, -0.15) is 8.42 Å². The van der Waals surface area contributed by atoms with Crippen molar-refractivity contribution >= 4 is 21.5 Å². The molecule has 0 aliphatic carbocycles. The molecule has 1 aliphatic heterocycles. The van der Waals surface area contributed by atoms with Gasteiger partial charge in [-0.3, -0.25) is 10.1 Å². The highest BCUT2D eigenvalue weighted by Crippen LogP contribution is 2.18. The molecule has 0 unspecified atom stereocenters. The van der Waals surface area contributed by atoms with Crippen LogP contribution in [0.25, 0.3) is 0 Å². The van der Waals surface area contributed by atoms with Gasteiger partial charge < -0.3 is 9.64 Å². The Bertz CT molecular complexity index is 905. The highest BCUT2D eigenvalue weighted by Gasteiger charge is 2.22. The number of nitro groups is 1. The lowest BCUT2D eigenvalue weighted by molar-refractivity contribution is -0.384. The lowest BCUT2D eigenvalue weighted by Gasteiger charge is -2.29. The van der Waals surface area contributed by atoms with Crippen LogP contribution >= 0.6 is 0 Å². The van der Waals surface area contributed by atoms with E-state index in [4.69, 9.17) is 4.74 Å². The minimum atomic E-state index is -3.91. The van der Waals surface area contributed by atoms with Gasteiger partial charge in [0.15, 0.2) is 0 Å². The second-order valence-corrected chi connectivity index (χ2v) is 7.21. The van der Waals surface area contributed by atoms with Crippen LogP contribution in [-0.4, -0.2) is 50.4 Å². The number of hydrogen-bond acceptors (Lipinski definition) is 5. The first kappa shape index (κ1) is 18.0. The van der Waals surface area contributed by atoms with E-state index in [2.05, 4.69) is 4.40 Å². The fourth-order valence-electron chi connectivity index (χ4n) is 2.56.